The van der Waals surface area contributed by atoms with Gasteiger partial charge in [-0.15, -0.1) is 11.3 Å². The molecule has 166 valence electrons. The number of thiazole rings is 1. The average molecular weight is 482 g/mol. The number of halogens is 5. The van der Waals surface area contributed by atoms with Gasteiger partial charge in [0.05, 0.1) is 16.1 Å². The predicted octanol–water partition coefficient (Wildman–Crippen LogP) is 7.07. The van der Waals surface area contributed by atoms with E-state index in [4.69, 9.17) is 16.0 Å². The number of nitrogens with zero attached hydrogens (tertiary/aromatic N) is 3. The average Bonchev–Trinajstić information content (AvgIpc) is 3.22. The molecule has 2 aromatic rings. The van der Waals surface area contributed by atoms with Crippen LogP contribution >= 0.6 is 22.9 Å². The zero-order chi connectivity index (χ0) is 22.5. The Morgan fingerprint density at radius 2 is 1.83 bits per heavy atom. The zero-order valence-corrected chi connectivity index (χ0v) is 20.0. The third-order valence-corrected chi connectivity index (χ3v) is 11.8. The van der Waals surface area contributed by atoms with Crippen molar-refractivity contribution in [3.63, 3.8) is 0 Å². The van der Waals surface area contributed by atoms with Crippen molar-refractivity contribution >= 4 is 31.3 Å². The molecule has 0 aromatic carbocycles. The molecule has 0 aliphatic heterocycles. The molecule has 4 nitrogen and oxygen atoms in total. The number of aromatic nitrogens is 3. The van der Waals surface area contributed by atoms with Crippen molar-refractivity contribution in [3.8, 4) is 10.6 Å². The van der Waals surface area contributed by atoms with E-state index in [1.54, 1.807) is 0 Å². The molecular weight excluding hydrogens is 458 g/mol. The van der Waals surface area contributed by atoms with Crippen molar-refractivity contribution in [2.75, 3.05) is 0 Å². The lowest BCUT2D eigenvalue weighted by Crippen LogP contribution is -2.43. The van der Waals surface area contributed by atoms with E-state index in [-0.39, 0.29) is 27.2 Å². The van der Waals surface area contributed by atoms with E-state index in [2.05, 4.69) is 48.8 Å². The number of rotatable bonds is 4. The molecular formula is C19H24ClF4N3OSSi. The van der Waals surface area contributed by atoms with Crippen molar-refractivity contribution in [2.24, 2.45) is 0 Å². The highest BCUT2D eigenvalue weighted by atomic mass is 35.5. The summed E-state index contributed by atoms with van der Waals surface area (Å²) in [5, 5.41) is 0.0538. The first-order valence-corrected chi connectivity index (χ1v) is 13.7. The summed E-state index contributed by atoms with van der Waals surface area (Å²) in [6, 6.07) is 0. The van der Waals surface area contributed by atoms with Crippen LogP contribution in [0.5, 0.6) is 0 Å². The molecule has 2 unspecified atom stereocenters. The highest BCUT2D eigenvalue weighted by molar-refractivity contribution is 7.15. The smallest absolute Gasteiger partial charge is 0.414 e. The molecule has 0 amide bonds. The molecule has 0 bridgehead atoms. The quantitative estimate of drug-likeness (QED) is 0.266. The van der Waals surface area contributed by atoms with Gasteiger partial charge in [-0.2, -0.15) is 13.2 Å². The summed E-state index contributed by atoms with van der Waals surface area (Å²) in [4.78, 5) is 10.7. The van der Waals surface area contributed by atoms with Crippen LogP contribution in [-0.4, -0.2) is 29.4 Å². The van der Waals surface area contributed by atoms with Crippen LogP contribution in [-0.2, 0) is 10.6 Å². The van der Waals surface area contributed by atoms with Crippen LogP contribution in [0.2, 0.25) is 23.4 Å². The number of alkyl halides is 3. The van der Waals surface area contributed by atoms with E-state index in [1.165, 1.54) is 0 Å². The molecule has 1 aliphatic rings. The van der Waals surface area contributed by atoms with Crippen LogP contribution in [0.4, 0.5) is 17.6 Å². The Morgan fingerprint density at radius 1 is 1.17 bits per heavy atom. The van der Waals surface area contributed by atoms with E-state index < -0.39 is 31.7 Å². The molecule has 1 saturated carbocycles. The Morgan fingerprint density at radius 3 is 2.43 bits per heavy atom. The third kappa shape index (κ3) is 4.86. The summed E-state index contributed by atoms with van der Waals surface area (Å²) < 4.78 is 61.5. The Balaban J connectivity index is 1.90. The van der Waals surface area contributed by atoms with Gasteiger partial charge in [0.1, 0.15) is 5.69 Å². The minimum Gasteiger partial charge on any atom is -0.414 e. The second kappa shape index (κ2) is 8.11. The molecule has 2 heterocycles. The van der Waals surface area contributed by atoms with Crippen LogP contribution in [0.3, 0.4) is 0 Å². The molecule has 3 rings (SSSR count). The normalized spacial score (nSPS) is 20.7. The summed E-state index contributed by atoms with van der Waals surface area (Å²) in [5.74, 6) is -1.13. The van der Waals surface area contributed by atoms with Crippen LogP contribution < -0.4 is 0 Å². The molecule has 1 fully saturated rings. The van der Waals surface area contributed by atoms with E-state index >= 15 is 0 Å². The molecule has 0 spiro atoms. The standard InChI is InChI=1S/C19H24ClF4N3OSSi/c1-18(2,3)30(4,5)28-11-7-6-10(8-11)16-27-15(19(22,23)24)14(29-16)13-12(21)9-25-17(20)26-13/h9-11H,6-8H2,1-5H3. The fourth-order valence-corrected chi connectivity index (χ4v) is 5.99. The fourth-order valence-electron chi connectivity index (χ4n) is 3.23. The number of hydrogen-bond acceptors (Lipinski definition) is 5. The summed E-state index contributed by atoms with van der Waals surface area (Å²) >= 11 is 6.51. The maximum atomic E-state index is 14.2. The fraction of sp³-hybridized carbons (Fsp3) is 0.632. The SMILES string of the molecule is CC(C)(C)[Si](C)(C)OC1CCC(c2nc(C(F)(F)F)c(-c3nc(Cl)ncc3F)s2)C1. The Labute approximate surface area is 183 Å². The lowest BCUT2D eigenvalue weighted by Gasteiger charge is -2.38. The van der Waals surface area contributed by atoms with E-state index in [0.717, 1.165) is 24.0 Å². The molecule has 0 N–H and O–H groups in total. The monoisotopic (exact) mass is 481 g/mol. The van der Waals surface area contributed by atoms with Gasteiger partial charge < -0.3 is 4.43 Å². The molecule has 30 heavy (non-hydrogen) atoms. The minimum absolute atomic E-state index is 0.0113. The molecule has 0 saturated heterocycles. The summed E-state index contributed by atoms with van der Waals surface area (Å²) in [7, 11) is -1.98. The lowest BCUT2D eigenvalue weighted by atomic mass is 10.1. The van der Waals surface area contributed by atoms with Gasteiger partial charge in [-0.1, -0.05) is 20.8 Å². The summed E-state index contributed by atoms with van der Waals surface area (Å²) in [6.45, 7) is 10.8. The second-order valence-electron chi connectivity index (χ2n) is 9.07. The van der Waals surface area contributed by atoms with Crippen molar-refractivity contribution in [1.82, 2.24) is 15.0 Å². The van der Waals surface area contributed by atoms with E-state index in [1.807, 2.05) is 0 Å². The zero-order valence-electron chi connectivity index (χ0n) is 17.4. The van der Waals surface area contributed by atoms with Gasteiger partial charge in [-0.25, -0.2) is 19.3 Å². The van der Waals surface area contributed by atoms with Gasteiger partial charge >= 0.3 is 6.18 Å². The Bertz CT molecular complexity index is 929. The van der Waals surface area contributed by atoms with Crippen LogP contribution in [0.1, 0.15) is 56.7 Å². The lowest BCUT2D eigenvalue weighted by molar-refractivity contribution is -0.140. The highest BCUT2D eigenvalue weighted by Gasteiger charge is 2.43. The van der Waals surface area contributed by atoms with Gasteiger partial charge in [0.2, 0.25) is 5.28 Å². The van der Waals surface area contributed by atoms with E-state index in [0.29, 0.717) is 17.8 Å². The van der Waals surface area contributed by atoms with Gasteiger partial charge in [0, 0.05) is 12.0 Å². The Kier molecular flexibility index (Phi) is 6.37. The summed E-state index contributed by atoms with van der Waals surface area (Å²) in [6.07, 6.45) is -1.93. The molecule has 1 aliphatic carbocycles. The van der Waals surface area contributed by atoms with Crippen molar-refractivity contribution in [1.29, 1.82) is 0 Å². The topological polar surface area (TPSA) is 47.9 Å². The van der Waals surface area contributed by atoms with Gasteiger partial charge in [-0.05, 0) is 49.0 Å². The third-order valence-electron chi connectivity index (χ3n) is 5.84. The van der Waals surface area contributed by atoms with Crippen LogP contribution in [0, 0.1) is 5.82 Å². The first kappa shape index (κ1) is 23.6. The maximum Gasteiger partial charge on any atom is 0.434 e. The summed E-state index contributed by atoms with van der Waals surface area (Å²) in [5.41, 5.74) is -1.61. The van der Waals surface area contributed by atoms with E-state index in [9.17, 15) is 17.6 Å². The number of hydrogen-bond donors (Lipinski definition) is 0. The first-order chi connectivity index (χ1) is 13.7. The molecule has 2 aromatic heterocycles. The van der Waals surface area contributed by atoms with Gasteiger partial charge in [-0.3, -0.25) is 0 Å². The van der Waals surface area contributed by atoms with Gasteiger partial charge in [0.25, 0.3) is 0 Å². The van der Waals surface area contributed by atoms with Gasteiger partial charge in [0.15, 0.2) is 19.8 Å². The molecule has 2 atom stereocenters. The minimum atomic E-state index is -4.73. The molecule has 0 radical (unpaired) electrons. The highest BCUT2D eigenvalue weighted by Crippen LogP contribution is 2.47. The van der Waals surface area contributed by atoms with Crippen molar-refractivity contribution in [3.05, 3.63) is 28.0 Å². The maximum absolute atomic E-state index is 14.2. The second-order valence-corrected chi connectivity index (χ2v) is 15.2. The Hall–Kier alpha value is -1.10. The van der Waals surface area contributed by atoms with Crippen molar-refractivity contribution in [2.45, 2.75) is 76.4 Å². The largest absolute Gasteiger partial charge is 0.434 e. The first-order valence-electron chi connectivity index (χ1n) is 9.63. The van der Waals surface area contributed by atoms with Crippen LogP contribution in [0.25, 0.3) is 10.6 Å². The molecule has 11 heteroatoms. The van der Waals surface area contributed by atoms with Crippen LogP contribution in [0.15, 0.2) is 6.20 Å². The van der Waals surface area contributed by atoms with Crippen molar-refractivity contribution < 1.29 is 22.0 Å². The predicted molar refractivity (Wildman–Crippen MR) is 112 cm³/mol.